The average Bonchev–Trinajstić information content (AvgIpc) is 3.64. The Labute approximate surface area is 260 Å². The number of hydrogen-bond acceptors (Lipinski definition) is 2. The maximum atomic E-state index is 4.00. The molecule has 0 aromatic heterocycles. The van der Waals surface area contributed by atoms with Crippen molar-refractivity contribution in [2.75, 3.05) is 10.6 Å². The van der Waals surface area contributed by atoms with Crippen LogP contribution in [0.4, 0.5) is 17.1 Å². The number of hydrogen-bond donors (Lipinski definition) is 2. The van der Waals surface area contributed by atoms with Gasteiger partial charge in [0.1, 0.15) is 0 Å². The molecular weight excluding hydrogens is 532 g/mol. The number of nitrogens with one attached hydrogen (secondary N) is 2. The first-order valence-corrected chi connectivity index (χ1v) is 15.8. The van der Waals surface area contributed by atoms with Gasteiger partial charge in [-0.15, -0.1) is 0 Å². The first-order chi connectivity index (χ1) is 21.7. The standard InChI is InChI=1S/C42H36N2/c1-28(34-17-9-18-37-35-15-7-5-11-29(35)26-40(34)37)25-42(39-20-10-19-38-36-16-8-6-12-30(36)27-41(38)39)44-33-23-21-32(22-24-33)43-31-13-3-2-4-14-31/h2-24,28,42-44H,25-27H2,1H3. The summed E-state index contributed by atoms with van der Waals surface area (Å²) in [5, 5.41) is 7.52. The number of para-hydroxylation sites is 1. The van der Waals surface area contributed by atoms with Gasteiger partial charge in [-0.2, -0.15) is 0 Å². The zero-order valence-electron chi connectivity index (χ0n) is 25.1. The Balaban J connectivity index is 1.13. The summed E-state index contributed by atoms with van der Waals surface area (Å²) >= 11 is 0. The minimum atomic E-state index is 0.168. The van der Waals surface area contributed by atoms with E-state index in [9.17, 15) is 0 Å². The van der Waals surface area contributed by atoms with Crippen LogP contribution in [-0.4, -0.2) is 0 Å². The van der Waals surface area contributed by atoms with E-state index in [1.54, 1.807) is 0 Å². The molecule has 214 valence electrons. The molecule has 0 amide bonds. The zero-order chi connectivity index (χ0) is 29.5. The molecule has 6 aromatic rings. The van der Waals surface area contributed by atoms with Crippen LogP contribution in [0.25, 0.3) is 22.3 Å². The fourth-order valence-corrected chi connectivity index (χ4v) is 7.44. The van der Waals surface area contributed by atoms with Crippen molar-refractivity contribution in [2.24, 2.45) is 0 Å². The fourth-order valence-electron chi connectivity index (χ4n) is 7.44. The van der Waals surface area contributed by atoms with Gasteiger partial charge in [0, 0.05) is 17.1 Å². The van der Waals surface area contributed by atoms with E-state index in [-0.39, 0.29) is 6.04 Å². The second-order valence-electron chi connectivity index (χ2n) is 12.3. The molecular formula is C42H36N2. The summed E-state index contributed by atoms with van der Waals surface area (Å²) in [6.45, 7) is 2.41. The molecule has 2 unspecified atom stereocenters. The van der Waals surface area contributed by atoms with Crippen LogP contribution in [-0.2, 0) is 12.8 Å². The van der Waals surface area contributed by atoms with Gasteiger partial charge in [0.15, 0.2) is 0 Å². The van der Waals surface area contributed by atoms with Crippen molar-refractivity contribution in [3.05, 3.63) is 173 Å². The lowest BCUT2D eigenvalue weighted by Gasteiger charge is -2.27. The fraction of sp³-hybridized carbons (Fsp3) is 0.143. The van der Waals surface area contributed by atoms with Gasteiger partial charge < -0.3 is 10.6 Å². The van der Waals surface area contributed by atoms with Gasteiger partial charge in [-0.05, 0) is 117 Å². The number of rotatable bonds is 8. The second kappa shape index (κ2) is 11.2. The molecule has 8 rings (SSSR count). The van der Waals surface area contributed by atoms with Gasteiger partial charge >= 0.3 is 0 Å². The SMILES string of the molecule is CC(CC(Nc1ccc(Nc2ccccc2)cc1)c1cccc2c1Cc1ccccc1-2)c1cccc2c1Cc1ccccc1-2. The summed E-state index contributed by atoms with van der Waals surface area (Å²) in [6.07, 6.45) is 3.02. The van der Waals surface area contributed by atoms with E-state index in [0.29, 0.717) is 5.92 Å². The van der Waals surface area contributed by atoms with Gasteiger partial charge in [0.05, 0.1) is 6.04 Å². The van der Waals surface area contributed by atoms with Crippen LogP contribution in [0.5, 0.6) is 0 Å². The summed E-state index contributed by atoms with van der Waals surface area (Å²) in [5.74, 6) is 0.385. The molecule has 0 saturated carbocycles. The van der Waals surface area contributed by atoms with Crippen molar-refractivity contribution in [1.82, 2.24) is 0 Å². The van der Waals surface area contributed by atoms with Crippen LogP contribution in [0.2, 0.25) is 0 Å². The van der Waals surface area contributed by atoms with Crippen LogP contribution in [0.3, 0.4) is 0 Å². The van der Waals surface area contributed by atoms with Crippen LogP contribution >= 0.6 is 0 Å². The molecule has 0 radical (unpaired) electrons. The third-order valence-electron chi connectivity index (χ3n) is 9.56. The van der Waals surface area contributed by atoms with Crippen molar-refractivity contribution in [3.63, 3.8) is 0 Å². The molecule has 44 heavy (non-hydrogen) atoms. The van der Waals surface area contributed by atoms with E-state index in [1.807, 2.05) is 6.07 Å². The Morgan fingerprint density at radius 1 is 0.477 bits per heavy atom. The Kier molecular flexibility index (Phi) is 6.76. The third-order valence-corrected chi connectivity index (χ3v) is 9.56. The molecule has 0 heterocycles. The molecule has 2 atom stereocenters. The van der Waals surface area contributed by atoms with Crippen LogP contribution in [0.1, 0.15) is 58.7 Å². The predicted octanol–water partition coefficient (Wildman–Crippen LogP) is 10.9. The number of benzene rings is 6. The topological polar surface area (TPSA) is 24.1 Å². The lowest BCUT2D eigenvalue weighted by Crippen LogP contribution is -2.16. The number of fused-ring (bicyclic) bond motifs is 6. The van der Waals surface area contributed by atoms with Gasteiger partial charge in [-0.25, -0.2) is 0 Å². The zero-order valence-corrected chi connectivity index (χ0v) is 25.1. The highest BCUT2D eigenvalue weighted by Gasteiger charge is 2.28. The molecule has 2 aliphatic carbocycles. The van der Waals surface area contributed by atoms with Crippen molar-refractivity contribution in [3.8, 4) is 22.3 Å². The largest absolute Gasteiger partial charge is 0.378 e. The molecule has 2 N–H and O–H groups in total. The molecule has 0 saturated heterocycles. The first kappa shape index (κ1) is 26.5. The maximum absolute atomic E-state index is 4.00. The van der Waals surface area contributed by atoms with Crippen molar-refractivity contribution < 1.29 is 0 Å². The van der Waals surface area contributed by atoms with E-state index in [4.69, 9.17) is 0 Å². The first-order valence-electron chi connectivity index (χ1n) is 15.8. The third kappa shape index (κ3) is 4.87. The minimum Gasteiger partial charge on any atom is -0.378 e. The van der Waals surface area contributed by atoms with E-state index in [1.165, 1.54) is 55.6 Å². The monoisotopic (exact) mass is 568 g/mol. The van der Waals surface area contributed by atoms with Crippen LogP contribution in [0, 0.1) is 0 Å². The lowest BCUT2D eigenvalue weighted by atomic mass is 9.84. The summed E-state index contributed by atoms with van der Waals surface area (Å²) < 4.78 is 0. The second-order valence-corrected chi connectivity index (χ2v) is 12.3. The summed E-state index contributed by atoms with van der Waals surface area (Å²) in [6, 6.07) is 50.9. The molecule has 0 aliphatic heterocycles. The van der Waals surface area contributed by atoms with E-state index in [2.05, 4.69) is 151 Å². The van der Waals surface area contributed by atoms with Crippen LogP contribution < -0.4 is 10.6 Å². The van der Waals surface area contributed by atoms with E-state index < -0.39 is 0 Å². The molecule has 2 nitrogen and oxygen atoms in total. The Morgan fingerprint density at radius 3 is 1.64 bits per heavy atom. The highest BCUT2D eigenvalue weighted by Crippen LogP contribution is 2.45. The highest BCUT2D eigenvalue weighted by molar-refractivity contribution is 5.79. The Bertz CT molecular complexity index is 1960. The maximum Gasteiger partial charge on any atom is 0.0522 e. The Morgan fingerprint density at radius 2 is 0.977 bits per heavy atom. The molecule has 2 heteroatoms. The van der Waals surface area contributed by atoms with Crippen molar-refractivity contribution in [2.45, 2.75) is 38.1 Å². The average molecular weight is 569 g/mol. The molecule has 2 aliphatic rings. The quantitative estimate of drug-likeness (QED) is 0.190. The molecule has 6 aromatic carbocycles. The Hall–Kier alpha value is -5.08. The van der Waals surface area contributed by atoms with Gasteiger partial charge in [-0.3, -0.25) is 0 Å². The molecule has 0 bridgehead atoms. The minimum absolute atomic E-state index is 0.168. The van der Waals surface area contributed by atoms with Gasteiger partial charge in [-0.1, -0.05) is 110 Å². The van der Waals surface area contributed by atoms with E-state index >= 15 is 0 Å². The summed E-state index contributed by atoms with van der Waals surface area (Å²) in [7, 11) is 0. The van der Waals surface area contributed by atoms with Crippen LogP contribution in [0.15, 0.2) is 140 Å². The molecule has 0 fully saturated rings. The number of anilines is 3. The highest BCUT2D eigenvalue weighted by atomic mass is 14.9. The summed E-state index contributed by atoms with van der Waals surface area (Å²) in [4.78, 5) is 0. The molecule has 0 spiro atoms. The summed E-state index contributed by atoms with van der Waals surface area (Å²) in [5.41, 5.74) is 17.6. The smallest absolute Gasteiger partial charge is 0.0522 e. The van der Waals surface area contributed by atoms with E-state index in [0.717, 1.165) is 36.3 Å². The predicted molar refractivity (Wildman–Crippen MR) is 185 cm³/mol. The normalized spacial score (nSPS) is 13.8. The lowest BCUT2D eigenvalue weighted by molar-refractivity contribution is 0.597. The van der Waals surface area contributed by atoms with Gasteiger partial charge in [0.25, 0.3) is 0 Å². The van der Waals surface area contributed by atoms with Crippen molar-refractivity contribution >= 4 is 17.1 Å². The van der Waals surface area contributed by atoms with Gasteiger partial charge in [0.2, 0.25) is 0 Å². The van der Waals surface area contributed by atoms with Crippen molar-refractivity contribution in [1.29, 1.82) is 0 Å².